The van der Waals surface area contributed by atoms with Gasteiger partial charge in [-0.3, -0.25) is 9.36 Å². The third kappa shape index (κ3) is 3.52. The predicted octanol–water partition coefficient (Wildman–Crippen LogP) is 4.68. The van der Waals surface area contributed by atoms with Crippen LogP contribution in [0.3, 0.4) is 0 Å². The summed E-state index contributed by atoms with van der Waals surface area (Å²) in [5.41, 5.74) is 1.41. The second kappa shape index (κ2) is 7.60. The number of carbonyl (C=O) groups excluding carboxylic acids is 1. The summed E-state index contributed by atoms with van der Waals surface area (Å²) in [5, 5.41) is 3.03. The van der Waals surface area contributed by atoms with Gasteiger partial charge in [0.2, 0.25) is 0 Å². The van der Waals surface area contributed by atoms with Crippen LogP contribution in [0.25, 0.3) is 21.3 Å². The monoisotopic (exact) mass is 390 g/mol. The Morgan fingerprint density at radius 2 is 2.00 bits per heavy atom. The van der Waals surface area contributed by atoms with E-state index in [2.05, 4.69) is 4.98 Å². The molecule has 26 heavy (non-hydrogen) atoms. The highest BCUT2D eigenvalue weighted by Crippen LogP contribution is 2.31. The molecule has 3 rings (SSSR count). The van der Waals surface area contributed by atoms with Crippen LogP contribution in [0.5, 0.6) is 0 Å². The van der Waals surface area contributed by atoms with E-state index in [1.165, 1.54) is 22.2 Å². The SMILES string of the molecule is CC[C@@H](C)OC(=O)[C@@H](C)n1cnc2scc(-c3ccc(Cl)cc3)c2c1=O. The molecule has 0 saturated carbocycles. The summed E-state index contributed by atoms with van der Waals surface area (Å²) in [6.45, 7) is 5.41. The molecule has 5 nitrogen and oxygen atoms in total. The molecule has 0 aliphatic carbocycles. The molecular formula is C19H19ClN2O3S. The number of fused-ring (bicyclic) bond motifs is 1. The van der Waals surface area contributed by atoms with Crippen molar-refractivity contribution in [3.05, 3.63) is 51.3 Å². The first-order chi connectivity index (χ1) is 12.4. The fourth-order valence-corrected chi connectivity index (χ4v) is 3.59. The number of benzene rings is 1. The van der Waals surface area contributed by atoms with Gasteiger partial charge >= 0.3 is 5.97 Å². The molecule has 2 atom stereocenters. The molecule has 7 heteroatoms. The molecule has 3 aromatic rings. The summed E-state index contributed by atoms with van der Waals surface area (Å²) in [6, 6.07) is 6.54. The number of esters is 1. The summed E-state index contributed by atoms with van der Waals surface area (Å²) in [7, 11) is 0. The van der Waals surface area contributed by atoms with Gasteiger partial charge in [0, 0.05) is 16.0 Å². The Balaban J connectivity index is 2.05. The first-order valence-corrected chi connectivity index (χ1v) is 9.63. The first kappa shape index (κ1) is 18.6. The Hall–Kier alpha value is -2.18. The smallest absolute Gasteiger partial charge is 0.329 e. The van der Waals surface area contributed by atoms with E-state index < -0.39 is 12.0 Å². The van der Waals surface area contributed by atoms with E-state index in [0.29, 0.717) is 15.2 Å². The lowest BCUT2D eigenvalue weighted by molar-refractivity contribution is -0.152. The van der Waals surface area contributed by atoms with E-state index in [4.69, 9.17) is 16.3 Å². The van der Waals surface area contributed by atoms with Crippen LogP contribution in [0.2, 0.25) is 5.02 Å². The summed E-state index contributed by atoms with van der Waals surface area (Å²) < 4.78 is 6.69. The number of hydrogen-bond donors (Lipinski definition) is 0. The lowest BCUT2D eigenvalue weighted by Crippen LogP contribution is -2.31. The molecule has 1 aromatic carbocycles. The molecule has 2 heterocycles. The molecule has 0 aliphatic heterocycles. The zero-order valence-electron chi connectivity index (χ0n) is 14.7. The Kier molecular flexibility index (Phi) is 5.44. The summed E-state index contributed by atoms with van der Waals surface area (Å²) in [6.07, 6.45) is 1.94. The average molecular weight is 391 g/mol. The minimum atomic E-state index is -0.744. The number of ether oxygens (including phenoxy) is 1. The second-order valence-corrected chi connectivity index (χ2v) is 7.42. The lowest BCUT2D eigenvalue weighted by atomic mass is 10.1. The molecule has 0 spiro atoms. The average Bonchev–Trinajstić information content (AvgIpc) is 3.07. The highest BCUT2D eigenvalue weighted by molar-refractivity contribution is 7.17. The van der Waals surface area contributed by atoms with Crippen molar-refractivity contribution in [3.63, 3.8) is 0 Å². The Bertz CT molecular complexity index is 994. The number of aromatic nitrogens is 2. The van der Waals surface area contributed by atoms with Gasteiger partial charge in [0.15, 0.2) is 0 Å². The molecule has 136 valence electrons. The van der Waals surface area contributed by atoms with Gasteiger partial charge in [0.1, 0.15) is 10.9 Å². The summed E-state index contributed by atoms with van der Waals surface area (Å²) in [4.78, 5) is 30.4. The van der Waals surface area contributed by atoms with E-state index in [-0.39, 0.29) is 11.7 Å². The van der Waals surface area contributed by atoms with Gasteiger partial charge < -0.3 is 4.74 Å². The third-order valence-electron chi connectivity index (χ3n) is 4.33. The third-order valence-corrected chi connectivity index (χ3v) is 5.46. The summed E-state index contributed by atoms with van der Waals surface area (Å²) >= 11 is 7.35. The molecule has 0 aliphatic rings. The first-order valence-electron chi connectivity index (χ1n) is 8.37. The van der Waals surface area contributed by atoms with Crippen molar-refractivity contribution in [1.29, 1.82) is 0 Å². The standard InChI is InChI=1S/C19H19ClN2O3S/c1-4-11(2)25-19(24)12(3)22-10-21-17-16(18(22)23)15(9-26-17)13-5-7-14(20)8-6-13/h5-12H,4H2,1-3H3/t11-,12-/m1/s1. The van der Waals surface area contributed by atoms with Crippen LogP contribution in [0.4, 0.5) is 0 Å². The number of nitrogens with zero attached hydrogens (tertiary/aromatic N) is 2. The van der Waals surface area contributed by atoms with E-state index in [1.807, 2.05) is 31.4 Å². The molecule has 0 fully saturated rings. The van der Waals surface area contributed by atoms with Gasteiger partial charge in [0.05, 0.1) is 17.8 Å². The van der Waals surface area contributed by atoms with Crippen molar-refractivity contribution in [3.8, 4) is 11.1 Å². The number of carbonyl (C=O) groups is 1. The maximum absolute atomic E-state index is 13.0. The Labute approximate surface area is 160 Å². The molecule has 0 amide bonds. The molecule has 0 unspecified atom stereocenters. The van der Waals surface area contributed by atoms with E-state index in [0.717, 1.165) is 17.5 Å². The topological polar surface area (TPSA) is 61.2 Å². The van der Waals surface area contributed by atoms with Gasteiger partial charge in [-0.15, -0.1) is 11.3 Å². The van der Waals surface area contributed by atoms with Crippen molar-refractivity contribution < 1.29 is 9.53 Å². The quantitative estimate of drug-likeness (QED) is 0.593. The van der Waals surface area contributed by atoms with Gasteiger partial charge in [-0.25, -0.2) is 9.78 Å². The minimum absolute atomic E-state index is 0.192. The maximum atomic E-state index is 13.0. The van der Waals surface area contributed by atoms with Crippen LogP contribution in [0, 0.1) is 0 Å². The molecule has 0 bridgehead atoms. The van der Waals surface area contributed by atoms with E-state index in [9.17, 15) is 9.59 Å². The normalized spacial score (nSPS) is 13.5. The van der Waals surface area contributed by atoms with Gasteiger partial charge in [-0.05, 0) is 38.0 Å². The summed E-state index contributed by atoms with van der Waals surface area (Å²) in [5.74, 6) is -0.439. The highest BCUT2D eigenvalue weighted by atomic mass is 35.5. The van der Waals surface area contributed by atoms with Gasteiger partial charge in [-0.1, -0.05) is 30.7 Å². The van der Waals surface area contributed by atoms with Crippen LogP contribution in [0.1, 0.15) is 33.2 Å². The fraction of sp³-hybridized carbons (Fsp3) is 0.316. The highest BCUT2D eigenvalue weighted by Gasteiger charge is 2.22. The van der Waals surface area contributed by atoms with Gasteiger partial charge in [-0.2, -0.15) is 0 Å². The van der Waals surface area contributed by atoms with Crippen LogP contribution in [0.15, 0.2) is 40.8 Å². The fourth-order valence-electron chi connectivity index (χ4n) is 2.56. The van der Waals surface area contributed by atoms with Crippen molar-refractivity contribution in [2.24, 2.45) is 0 Å². The van der Waals surface area contributed by atoms with Gasteiger partial charge in [0.25, 0.3) is 5.56 Å². The molecule has 0 N–H and O–H groups in total. The van der Waals surface area contributed by atoms with Crippen LogP contribution >= 0.6 is 22.9 Å². The van der Waals surface area contributed by atoms with Crippen molar-refractivity contribution in [2.45, 2.75) is 39.3 Å². The molecular weight excluding hydrogens is 372 g/mol. The van der Waals surface area contributed by atoms with Crippen molar-refractivity contribution >= 4 is 39.1 Å². The van der Waals surface area contributed by atoms with Crippen molar-refractivity contribution in [2.75, 3.05) is 0 Å². The van der Waals surface area contributed by atoms with Crippen molar-refractivity contribution in [1.82, 2.24) is 9.55 Å². The minimum Gasteiger partial charge on any atom is -0.461 e. The van der Waals surface area contributed by atoms with Crippen LogP contribution in [-0.2, 0) is 9.53 Å². The number of rotatable bonds is 5. The molecule has 0 saturated heterocycles. The lowest BCUT2D eigenvalue weighted by Gasteiger charge is -2.17. The second-order valence-electron chi connectivity index (χ2n) is 6.13. The van der Waals surface area contributed by atoms with E-state index >= 15 is 0 Å². The van der Waals surface area contributed by atoms with Crippen LogP contribution < -0.4 is 5.56 Å². The Morgan fingerprint density at radius 1 is 1.31 bits per heavy atom. The predicted molar refractivity (Wildman–Crippen MR) is 105 cm³/mol. The zero-order chi connectivity index (χ0) is 18.8. The number of thiophene rings is 1. The van der Waals surface area contributed by atoms with Crippen LogP contribution in [-0.4, -0.2) is 21.6 Å². The Morgan fingerprint density at radius 3 is 2.65 bits per heavy atom. The zero-order valence-corrected chi connectivity index (χ0v) is 16.3. The molecule has 2 aromatic heterocycles. The maximum Gasteiger partial charge on any atom is 0.329 e. The molecule has 0 radical (unpaired) electrons. The number of halogens is 1. The van der Waals surface area contributed by atoms with E-state index in [1.54, 1.807) is 19.1 Å². The largest absolute Gasteiger partial charge is 0.461 e. The number of hydrogen-bond acceptors (Lipinski definition) is 5.